The SMILES string of the molecule is O=[N+]([O-])c1ccc(C(O)C(CO)Nc2ncnc3c(F)cccc23)cc1. The third kappa shape index (κ3) is 3.44. The predicted octanol–water partition coefficient (Wildman–Crippen LogP) is 2.18. The minimum Gasteiger partial charge on any atom is -0.394 e. The van der Waals surface area contributed by atoms with Gasteiger partial charge in [-0.15, -0.1) is 0 Å². The summed E-state index contributed by atoms with van der Waals surface area (Å²) in [5, 5.41) is 34.1. The van der Waals surface area contributed by atoms with Crippen LogP contribution in [0.25, 0.3) is 10.9 Å². The number of aromatic nitrogens is 2. The van der Waals surface area contributed by atoms with E-state index < -0.39 is 29.5 Å². The molecule has 0 aliphatic rings. The van der Waals surface area contributed by atoms with Gasteiger partial charge >= 0.3 is 0 Å². The molecule has 0 aliphatic heterocycles. The number of benzene rings is 2. The summed E-state index contributed by atoms with van der Waals surface area (Å²) in [6, 6.07) is 8.88. The van der Waals surface area contributed by atoms with Gasteiger partial charge in [-0.3, -0.25) is 10.1 Å². The van der Waals surface area contributed by atoms with Gasteiger partial charge in [0.2, 0.25) is 0 Å². The van der Waals surface area contributed by atoms with Crippen LogP contribution in [0.15, 0.2) is 48.8 Å². The van der Waals surface area contributed by atoms with E-state index >= 15 is 0 Å². The van der Waals surface area contributed by atoms with Crippen molar-refractivity contribution < 1.29 is 19.5 Å². The van der Waals surface area contributed by atoms with Gasteiger partial charge in [0, 0.05) is 17.5 Å². The molecule has 1 aromatic heterocycles. The highest BCUT2D eigenvalue weighted by Crippen LogP contribution is 2.26. The van der Waals surface area contributed by atoms with Gasteiger partial charge in [0.25, 0.3) is 5.69 Å². The summed E-state index contributed by atoms with van der Waals surface area (Å²) in [6.45, 7) is -0.445. The Morgan fingerprint density at radius 2 is 1.92 bits per heavy atom. The van der Waals surface area contributed by atoms with Crippen molar-refractivity contribution >= 4 is 22.4 Å². The van der Waals surface area contributed by atoms with Crippen LogP contribution in [0.2, 0.25) is 0 Å². The zero-order valence-corrected chi connectivity index (χ0v) is 13.4. The quantitative estimate of drug-likeness (QED) is 0.456. The highest BCUT2D eigenvalue weighted by atomic mass is 19.1. The Kier molecular flexibility index (Phi) is 5.01. The van der Waals surface area contributed by atoms with E-state index in [0.717, 1.165) is 0 Å². The maximum absolute atomic E-state index is 13.8. The molecule has 0 spiro atoms. The number of aliphatic hydroxyl groups excluding tert-OH is 2. The zero-order chi connectivity index (χ0) is 18.7. The fourth-order valence-electron chi connectivity index (χ4n) is 2.59. The van der Waals surface area contributed by atoms with Crippen molar-refractivity contribution in [1.82, 2.24) is 9.97 Å². The van der Waals surface area contributed by atoms with Crippen molar-refractivity contribution in [1.29, 1.82) is 0 Å². The summed E-state index contributed by atoms with van der Waals surface area (Å²) in [5.74, 6) is -0.251. The lowest BCUT2D eigenvalue weighted by Gasteiger charge is -2.23. The zero-order valence-electron chi connectivity index (χ0n) is 13.4. The summed E-state index contributed by atoms with van der Waals surface area (Å²) in [5.41, 5.74) is 0.393. The molecular formula is C17H15FN4O4. The molecule has 2 unspecified atom stereocenters. The third-order valence-corrected chi connectivity index (χ3v) is 3.96. The van der Waals surface area contributed by atoms with Gasteiger partial charge < -0.3 is 15.5 Å². The third-order valence-electron chi connectivity index (χ3n) is 3.96. The summed E-state index contributed by atoms with van der Waals surface area (Å²) in [4.78, 5) is 18.1. The fourth-order valence-corrected chi connectivity index (χ4v) is 2.59. The van der Waals surface area contributed by atoms with Crippen molar-refractivity contribution in [2.24, 2.45) is 0 Å². The molecule has 3 aromatic rings. The summed E-state index contributed by atoms with van der Waals surface area (Å²) < 4.78 is 13.8. The van der Waals surface area contributed by atoms with Crippen molar-refractivity contribution in [3.05, 3.63) is 70.3 Å². The van der Waals surface area contributed by atoms with Crippen molar-refractivity contribution in [3.63, 3.8) is 0 Å². The van der Waals surface area contributed by atoms with Gasteiger partial charge in [0.1, 0.15) is 29.6 Å². The van der Waals surface area contributed by atoms with Crippen molar-refractivity contribution in [3.8, 4) is 0 Å². The normalized spacial score (nSPS) is 13.3. The Balaban J connectivity index is 1.87. The molecule has 3 N–H and O–H groups in total. The average molecular weight is 358 g/mol. The number of nitro groups is 1. The van der Waals surface area contributed by atoms with E-state index in [1.165, 1.54) is 42.7 Å². The molecule has 0 aliphatic carbocycles. The van der Waals surface area contributed by atoms with Crippen molar-refractivity contribution in [2.45, 2.75) is 12.1 Å². The van der Waals surface area contributed by atoms with Crippen LogP contribution < -0.4 is 5.32 Å². The van der Waals surface area contributed by atoms with Crippen molar-refractivity contribution in [2.75, 3.05) is 11.9 Å². The van der Waals surface area contributed by atoms with Crippen LogP contribution in [0.4, 0.5) is 15.9 Å². The highest BCUT2D eigenvalue weighted by molar-refractivity contribution is 5.89. The van der Waals surface area contributed by atoms with Crippen LogP contribution in [0.3, 0.4) is 0 Å². The van der Waals surface area contributed by atoms with Gasteiger partial charge in [0.15, 0.2) is 0 Å². The van der Waals surface area contributed by atoms with Crippen LogP contribution in [0.1, 0.15) is 11.7 Å². The van der Waals surface area contributed by atoms with Crippen LogP contribution >= 0.6 is 0 Å². The molecule has 0 saturated heterocycles. The van der Waals surface area contributed by atoms with Gasteiger partial charge in [-0.1, -0.05) is 6.07 Å². The molecule has 0 bridgehead atoms. The molecule has 0 radical (unpaired) electrons. The Morgan fingerprint density at radius 1 is 1.19 bits per heavy atom. The minimum absolute atomic E-state index is 0.105. The second-order valence-electron chi connectivity index (χ2n) is 5.59. The smallest absolute Gasteiger partial charge is 0.269 e. The number of aliphatic hydroxyl groups is 2. The molecule has 0 fully saturated rings. The molecule has 2 aromatic carbocycles. The highest BCUT2D eigenvalue weighted by Gasteiger charge is 2.22. The number of nitro benzene ring substituents is 1. The number of nitrogens with one attached hydrogen (secondary N) is 1. The molecule has 9 heteroatoms. The Hall–Kier alpha value is -3.17. The number of non-ortho nitro benzene ring substituents is 1. The second-order valence-corrected chi connectivity index (χ2v) is 5.59. The Bertz CT molecular complexity index is 936. The topological polar surface area (TPSA) is 121 Å². The first kappa shape index (κ1) is 17.6. The molecule has 8 nitrogen and oxygen atoms in total. The van der Waals surface area contributed by atoms with E-state index in [9.17, 15) is 24.7 Å². The van der Waals surface area contributed by atoms with Crippen LogP contribution in [0, 0.1) is 15.9 Å². The number of hydrogen-bond donors (Lipinski definition) is 3. The molecule has 3 rings (SSSR count). The molecule has 0 amide bonds. The molecule has 1 heterocycles. The van der Waals surface area contributed by atoms with Gasteiger partial charge in [-0.25, -0.2) is 14.4 Å². The number of hydrogen-bond acceptors (Lipinski definition) is 7. The van der Waals surface area contributed by atoms with E-state index in [1.807, 2.05) is 0 Å². The second kappa shape index (κ2) is 7.38. The molecule has 26 heavy (non-hydrogen) atoms. The van der Waals surface area contributed by atoms with E-state index in [0.29, 0.717) is 10.9 Å². The van der Waals surface area contributed by atoms with Crippen LogP contribution in [-0.2, 0) is 0 Å². The minimum atomic E-state index is -1.17. The lowest BCUT2D eigenvalue weighted by Crippen LogP contribution is -2.31. The Labute approximate surface area is 147 Å². The number of para-hydroxylation sites is 1. The lowest BCUT2D eigenvalue weighted by atomic mass is 10.0. The maximum atomic E-state index is 13.8. The largest absolute Gasteiger partial charge is 0.394 e. The number of fused-ring (bicyclic) bond motifs is 1. The standard InChI is InChI=1S/C17H15FN4O4/c18-13-3-1-2-12-15(13)19-9-20-17(12)21-14(8-23)16(24)10-4-6-11(7-5-10)22(25)26/h1-7,9,14,16,23-24H,8H2,(H,19,20,21). The first-order valence-electron chi connectivity index (χ1n) is 7.70. The van der Waals surface area contributed by atoms with E-state index in [1.54, 1.807) is 6.07 Å². The number of rotatable bonds is 6. The summed E-state index contributed by atoms with van der Waals surface area (Å²) in [6.07, 6.45) is 0.0137. The maximum Gasteiger partial charge on any atom is 0.269 e. The Morgan fingerprint density at radius 3 is 2.58 bits per heavy atom. The molecule has 134 valence electrons. The van der Waals surface area contributed by atoms with E-state index in [2.05, 4.69) is 15.3 Å². The number of anilines is 1. The van der Waals surface area contributed by atoms with E-state index in [4.69, 9.17) is 0 Å². The summed E-state index contributed by atoms with van der Waals surface area (Å²) in [7, 11) is 0. The van der Waals surface area contributed by atoms with Gasteiger partial charge in [-0.05, 0) is 29.8 Å². The monoisotopic (exact) mass is 358 g/mol. The first-order valence-corrected chi connectivity index (χ1v) is 7.70. The first-order chi connectivity index (χ1) is 12.5. The molecule has 2 atom stereocenters. The lowest BCUT2D eigenvalue weighted by molar-refractivity contribution is -0.384. The fraction of sp³-hybridized carbons (Fsp3) is 0.176. The number of halogens is 1. The molecule has 0 saturated carbocycles. The summed E-state index contributed by atoms with van der Waals surface area (Å²) >= 11 is 0. The van der Waals surface area contributed by atoms with Gasteiger partial charge in [0.05, 0.1) is 17.6 Å². The van der Waals surface area contributed by atoms with Crippen LogP contribution in [-0.4, -0.2) is 37.8 Å². The molecular weight excluding hydrogens is 343 g/mol. The number of nitrogens with zero attached hydrogens (tertiary/aromatic N) is 3. The van der Waals surface area contributed by atoms with E-state index in [-0.39, 0.29) is 17.0 Å². The van der Waals surface area contributed by atoms with Gasteiger partial charge in [-0.2, -0.15) is 0 Å². The predicted molar refractivity (Wildman–Crippen MR) is 92.0 cm³/mol. The average Bonchev–Trinajstić information content (AvgIpc) is 2.66. The van der Waals surface area contributed by atoms with Crippen LogP contribution in [0.5, 0.6) is 0 Å².